The quantitative estimate of drug-likeness (QED) is 0.907. The average molecular weight is 309 g/mol. The second-order valence-electron chi connectivity index (χ2n) is 4.22. The Morgan fingerprint density at radius 2 is 2.05 bits per heavy atom. The van der Waals surface area contributed by atoms with Crippen LogP contribution in [0.5, 0.6) is 0 Å². The van der Waals surface area contributed by atoms with Crippen LogP contribution < -0.4 is 0 Å². The fourth-order valence-electron chi connectivity index (χ4n) is 1.68. The topological polar surface area (TPSA) is 71.4 Å². The molecule has 0 amide bonds. The van der Waals surface area contributed by atoms with Crippen LogP contribution >= 0.6 is 11.6 Å². The predicted molar refractivity (Wildman–Crippen MR) is 69.9 cm³/mol. The number of hydrogen-bond acceptors (Lipinski definition) is 3. The van der Waals surface area contributed by atoms with Crippen molar-refractivity contribution in [3.63, 3.8) is 0 Å². The number of aromatic carboxylic acids is 1. The molecule has 19 heavy (non-hydrogen) atoms. The molecule has 0 radical (unpaired) electrons. The van der Waals surface area contributed by atoms with E-state index in [1.165, 1.54) is 6.92 Å². The first-order valence-electron chi connectivity index (χ1n) is 5.68. The molecule has 0 fully saturated rings. The van der Waals surface area contributed by atoms with Gasteiger partial charge in [0.2, 0.25) is 0 Å². The van der Waals surface area contributed by atoms with Crippen molar-refractivity contribution in [3.8, 4) is 0 Å². The Balaban J connectivity index is 3.40. The van der Waals surface area contributed by atoms with Gasteiger partial charge in [-0.2, -0.15) is 0 Å². The van der Waals surface area contributed by atoms with Gasteiger partial charge in [0.25, 0.3) is 0 Å². The van der Waals surface area contributed by atoms with Crippen LogP contribution in [0.25, 0.3) is 0 Å². The largest absolute Gasteiger partial charge is 0.478 e. The van der Waals surface area contributed by atoms with Crippen LogP contribution in [0.4, 0.5) is 4.39 Å². The molecule has 0 bridgehead atoms. The van der Waals surface area contributed by atoms with Gasteiger partial charge in [-0.15, -0.1) is 0 Å². The summed E-state index contributed by atoms with van der Waals surface area (Å²) in [5.74, 6) is -2.52. The number of halogens is 2. The van der Waals surface area contributed by atoms with Gasteiger partial charge in [-0.25, -0.2) is 17.6 Å². The molecule has 1 atom stereocenters. The van der Waals surface area contributed by atoms with Gasteiger partial charge < -0.3 is 5.11 Å². The summed E-state index contributed by atoms with van der Waals surface area (Å²) >= 11 is 5.50. The summed E-state index contributed by atoms with van der Waals surface area (Å²) in [7, 11) is -3.76. The van der Waals surface area contributed by atoms with Gasteiger partial charge in [0.15, 0.2) is 9.84 Å². The third kappa shape index (κ3) is 3.25. The highest BCUT2D eigenvalue weighted by molar-refractivity contribution is 7.92. The molecular formula is C12H14ClFO4S. The van der Waals surface area contributed by atoms with Crippen LogP contribution in [-0.2, 0) is 9.84 Å². The molecule has 0 aliphatic rings. The molecule has 0 saturated heterocycles. The van der Waals surface area contributed by atoms with Crippen molar-refractivity contribution in [3.05, 3.63) is 28.5 Å². The average Bonchev–Trinajstić information content (AvgIpc) is 2.32. The monoisotopic (exact) mass is 308 g/mol. The van der Waals surface area contributed by atoms with Gasteiger partial charge in [-0.1, -0.05) is 24.9 Å². The molecule has 7 heteroatoms. The van der Waals surface area contributed by atoms with Crippen LogP contribution in [-0.4, -0.2) is 24.7 Å². The minimum absolute atomic E-state index is 0.354. The van der Waals surface area contributed by atoms with Crippen molar-refractivity contribution < 1.29 is 22.7 Å². The van der Waals surface area contributed by atoms with E-state index in [0.717, 1.165) is 12.1 Å². The van der Waals surface area contributed by atoms with Gasteiger partial charge in [0, 0.05) is 0 Å². The van der Waals surface area contributed by atoms with E-state index < -0.39 is 37.5 Å². The zero-order valence-corrected chi connectivity index (χ0v) is 12.1. The maximum absolute atomic E-state index is 13.5. The predicted octanol–water partition coefficient (Wildman–Crippen LogP) is 3.14. The highest BCUT2D eigenvalue weighted by Gasteiger charge is 2.26. The van der Waals surface area contributed by atoms with E-state index in [2.05, 4.69) is 0 Å². The van der Waals surface area contributed by atoms with Crippen LogP contribution in [0.15, 0.2) is 17.0 Å². The first-order chi connectivity index (χ1) is 8.71. The minimum atomic E-state index is -3.76. The fraction of sp³-hybridized carbons (Fsp3) is 0.417. The molecule has 1 N–H and O–H groups in total. The number of carboxylic acids is 1. The minimum Gasteiger partial charge on any atom is -0.478 e. The number of hydrogen-bond donors (Lipinski definition) is 1. The van der Waals surface area contributed by atoms with E-state index >= 15 is 0 Å². The fourth-order valence-corrected chi connectivity index (χ4v) is 3.43. The van der Waals surface area contributed by atoms with E-state index in [0.29, 0.717) is 12.8 Å². The Morgan fingerprint density at radius 3 is 2.53 bits per heavy atom. The van der Waals surface area contributed by atoms with Crippen molar-refractivity contribution in [2.75, 3.05) is 0 Å². The normalized spacial score (nSPS) is 13.3. The summed E-state index contributed by atoms with van der Waals surface area (Å²) in [4.78, 5) is 10.5. The highest BCUT2D eigenvalue weighted by Crippen LogP contribution is 2.27. The van der Waals surface area contributed by atoms with Crippen molar-refractivity contribution in [1.82, 2.24) is 0 Å². The molecule has 1 unspecified atom stereocenters. The van der Waals surface area contributed by atoms with E-state index in [1.807, 2.05) is 6.92 Å². The lowest BCUT2D eigenvalue weighted by Crippen LogP contribution is -2.18. The van der Waals surface area contributed by atoms with Crippen LogP contribution in [0.2, 0.25) is 5.02 Å². The third-order valence-corrected chi connectivity index (χ3v) is 5.36. The van der Waals surface area contributed by atoms with Crippen LogP contribution in [0, 0.1) is 5.82 Å². The number of carboxylic acid groups (broad SMARTS) is 1. The van der Waals surface area contributed by atoms with Gasteiger partial charge in [0.05, 0.1) is 20.7 Å². The van der Waals surface area contributed by atoms with Crippen molar-refractivity contribution in [2.24, 2.45) is 0 Å². The Hall–Kier alpha value is -1.14. The lowest BCUT2D eigenvalue weighted by Gasteiger charge is -2.13. The summed E-state index contributed by atoms with van der Waals surface area (Å²) in [6, 6.07) is 1.66. The van der Waals surface area contributed by atoms with Crippen LogP contribution in [0.1, 0.15) is 37.0 Å². The summed E-state index contributed by atoms with van der Waals surface area (Å²) in [5, 5.41) is 7.58. The van der Waals surface area contributed by atoms with Gasteiger partial charge >= 0.3 is 5.97 Å². The molecular weight excluding hydrogens is 295 g/mol. The molecule has 0 aliphatic carbocycles. The first kappa shape index (κ1) is 15.9. The summed E-state index contributed by atoms with van der Waals surface area (Å²) < 4.78 is 37.8. The van der Waals surface area contributed by atoms with Gasteiger partial charge in [-0.05, 0) is 25.5 Å². The Bertz CT molecular complexity index is 598. The summed E-state index contributed by atoms with van der Waals surface area (Å²) in [5.41, 5.74) is -0.552. The maximum atomic E-state index is 13.5. The summed E-state index contributed by atoms with van der Waals surface area (Å²) in [6.07, 6.45) is 1.07. The molecule has 0 saturated carbocycles. The lowest BCUT2D eigenvalue weighted by molar-refractivity contribution is 0.0696. The first-order valence-corrected chi connectivity index (χ1v) is 7.60. The summed E-state index contributed by atoms with van der Waals surface area (Å²) in [6.45, 7) is 3.34. The van der Waals surface area contributed by atoms with Gasteiger partial charge in [-0.3, -0.25) is 0 Å². The lowest BCUT2D eigenvalue weighted by atomic mass is 10.2. The molecule has 0 spiro atoms. The zero-order chi connectivity index (χ0) is 14.8. The second kappa shape index (κ2) is 5.88. The van der Waals surface area contributed by atoms with Gasteiger partial charge in [0.1, 0.15) is 5.82 Å². The molecule has 0 aliphatic heterocycles. The SMILES string of the molecule is CCCC(C)S(=O)(=O)c1cc(F)c(Cl)c(C(=O)O)c1. The molecule has 0 heterocycles. The van der Waals surface area contributed by atoms with E-state index in [1.54, 1.807) is 0 Å². The third-order valence-electron chi connectivity index (χ3n) is 2.79. The molecule has 0 aromatic heterocycles. The number of sulfone groups is 1. The van der Waals surface area contributed by atoms with E-state index in [-0.39, 0.29) is 4.90 Å². The Morgan fingerprint density at radius 1 is 1.47 bits per heavy atom. The molecule has 1 aromatic rings. The Labute approximate surface area is 116 Å². The van der Waals surface area contributed by atoms with Crippen molar-refractivity contribution >= 4 is 27.4 Å². The highest BCUT2D eigenvalue weighted by atomic mass is 35.5. The van der Waals surface area contributed by atoms with Crippen LogP contribution in [0.3, 0.4) is 0 Å². The standard InChI is InChI=1S/C12H14ClFO4S/c1-3-4-7(2)19(17,18)8-5-9(12(15)16)11(13)10(14)6-8/h5-7H,3-4H2,1-2H3,(H,15,16). The van der Waals surface area contributed by atoms with E-state index in [9.17, 15) is 17.6 Å². The molecule has 4 nitrogen and oxygen atoms in total. The molecule has 1 aromatic carbocycles. The second-order valence-corrected chi connectivity index (χ2v) is 6.96. The smallest absolute Gasteiger partial charge is 0.337 e. The maximum Gasteiger partial charge on any atom is 0.337 e. The number of rotatable bonds is 5. The zero-order valence-electron chi connectivity index (χ0n) is 10.5. The van der Waals surface area contributed by atoms with Crippen molar-refractivity contribution in [2.45, 2.75) is 36.8 Å². The van der Waals surface area contributed by atoms with E-state index in [4.69, 9.17) is 16.7 Å². The van der Waals surface area contributed by atoms with Crippen molar-refractivity contribution in [1.29, 1.82) is 0 Å². The number of benzene rings is 1. The Kier molecular flexibility index (Phi) is 4.92. The molecule has 106 valence electrons. The number of carbonyl (C=O) groups is 1. The molecule has 1 rings (SSSR count).